The number of hydrazone groups is 1. The van der Waals surface area contributed by atoms with Gasteiger partial charge in [0.25, 0.3) is 0 Å². The first kappa shape index (κ1) is 13.5. The Balaban J connectivity index is 1.84. The van der Waals surface area contributed by atoms with Crippen LogP contribution in [0.3, 0.4) is 0 Å². The normalized spacial score (nSPS) is 18.1. The molecule has 0 bridgehead atoms. The average Bonchev–Trinajstić information content (AvgIpc) is 2.51. The molecule has 1 N–H and O–H groups in total. The van der Waals surface area contributed by atoms with Crippen LogP contribution in [0.1, 0.15) is 18.9 Å². The standard InChI is InChI=1S/C17H15FN2O/c1-11-10-16(19-20-17(11)21)14-4-2-12(3-5-14)13-6-8-15(18)9-7-13/h2-9,11H,10H2,1H3,(H,20,21). The summed E-state index contributed by atoms with van der Waals surface area (Å²) in [6.45, 7) is 1.89. The Morgan fingerprint density at radius 2 is 1.52 bits per heavy atom. The Morgan fingerprint density at radius 3 is 2.10 bits per heavy atom. The van der Waals surface area contributed by atoms with Crippen molar-refractivity contribution in [2.45, 2.75) is 13.3 Å². The third-order valence-electron chi connectivity index (χ3n) is 3.64. The van der Waals surface area contributed by atoms with E-state index in [1.807, 2.05) is 31.2 Å². The molecule has 106 valence electrons. The smallest absolute Gasteiger partial charge is 0.243 e. The zero-order valence-corrected chi connectivity index (χ0v) is 11.6. The number of hydrogen-bond acceptors (Lipinski definition) is 2. The third kappa shape index (κ3) is 2.84. The van der Waals surface area contributed by atoms with Crippen LogP contribution in [0.4, 0.5) is 4.39 Å². The van der Waals surface area contributed by atoms with Crippen LogP contribution >= 0.6 is 0 Å². The van der Waals surface area contributed by atoms with Gasteiger partial charge in [-0.15, -0.1) is 0 Å². The van der Waals surface area contributed by atoms with Gasteiger partial charge in [0.2, 0.25) is 5.91 Å². The molecular formula is C17H15FN2O. The number of nitrogens with one attached hydrogen (secondary N) is 1. The van der Waals surface area contributed by atoms with E-state index in [0.717, 1.165) is 22.4 Å². The lowest BCUT2D eigenvalue weighted by Gasteiger charge is -2.18. The van der Waals surface area contributed by atoms with E-state index >= 15 is 0 Å². The number of hydrogen-bond donors (Lipinski definition) is 1. The minimum absolute atomic E-state index is 0.0401. The zero-order chi connectivity index (χ0) is 14.8. The van der Waals surface area contributed by atoms with E-state index in [1.54, 1.807) is 12.1 Å². The summed E-state index contributed by atoms with van der Waals surface area (Å²) in [5.74, 6) is -0.340. The van der Waals surface area contributed by atoms with Gasteiger partial charge in [-0.2, -0.15) is 5.10 Å². The summed E-state index contributed by atoms with van der Waals surface area (Å²) in [5, 5.41) is 4.11. The Hall–Kier alpha value is -2.49. The van der Waals surface area contributed by atoms with Crippen molar-refractivity contribution in [3.05, 3.63) is 59.9 Å². The molecule has 1 heterocycles. The van der Waals surface area contributed by atoms with Crippen molar-refractivity contribution in [2.24, 2.45) is 11.0 Å². The van der Waals surface area contributed by atoms with Crippen LogP contribution < -0.4 is 5.43 Å². The molecule has 0 aromatic heterocycles. The van der Waals surface area contributed by atoms with E-state index in [-0.39, 0.29) is 17.6 Å². The molecule has 1 aliphatic heterocycles. The predicted octanol–water partition coefficient (Wildman–Crippen LogP) is 3.35. The van der Waals surface area contributed by atoms with Gasteiger partial charge in [0.15, 0.2) is 0 Å². The molecule has 0 saturated heterocycles. The topological polar surface area (TPSA) is 41.5 Å². The summed E-state index contributed by atoms with van der Waals surface area (Å²) < 4.78 is 12.9. The molecule has 0 saturated carbocycles. The number of rotatable bonds is 2. The monoisotopic (exact) mass is 282 g/mol. The first-order chi connectivity index (χ1) is 10.1. The molecule has 0 radical (unpaired) electrons. The molecule has 1 aliphatic rings. The van der Waals surface area contributed by atoms with E-state index in [0.29, 0.717) is 6.42 Å². The summed E-state index contributed by atoms with van der Waals surface area (Å²) in [4.78, 5) is 11.4. The average molecular weight is 282 g/mol. The van der Waals surface area contributed by atoms with E-state index in [1.165, 1.54) is 12.1 Å². The van der Waals surface area contributed by atoms with Crippen LogP contribution in [0.2, 0.25) is 0 Å². The first-order valence-electron chi connectivity index (χ1n) is 6.86. The van der Waals surface area contributed by atoms with Gasteiger partial charge in [0.1, 0.15) is 5.82 Å². The molecule has 2 aromatic carbocycles. The SMILES string of the molecule is CC1CC(c2ccc(-c3ccc(F)cc3)cc2)=NNC1=O. The van der Waals surface area contributed by atoms with Crippen molar-refractivity contribution in [1.29, 1.82) is 0 Å². The number of benzene rings is 2. The second-order valence-corrected chi connectivity index (χ2v) is 5.22. The van der Waals surface area contributed by atoms with Crippen molar-refractivity contribution in [3.8, 4) is 11.1 Å². The highest BCUT2D eigenvalue weighted by atomic mass is 19.1. The van der Waals surface area contributed by atoms with Crippen molar-refractivity contribution in [3.63, 3.8) is 0 Å². The maximum absolute atomic E-state index is 12.9. The molecule has 1 amide bonds. The molecule has 2 aromatic rings. The lowest BCUT2D eigenvalue weighted by Crippen LogP contribution is -2.33. The minimum Gasteiger partial charge on any atom is -0.273 e. The Labute approximate surface area is 122 Å². The Bertz CT molecular complexity index is 690. The van der Waals surface area contributed by atoms with Gasteiger partial charge in [0, 0.05) is 12.3 Å². The second kappa shape index (κ2) is 5.48. The number of nitrogens with zero attached hydrogens (tertiary/aromatic N) is 1. The number of halogens is 1. The van der Waals surface area contributed by atoms with Crippen LogP contribution in [0, 0.1) is 11.7 Å². The van der Waals surface area contributed by atoms with Crippen molar-refractivity contribution in [2.75, 3.05) is 0 Å². The molecule has 21 heavy (non-hydrogen) atoms. The van der Waals surface area contributed by atoms with Crippen molar-refractivity contribution < 1.29 is 9.18 Å². The quantitative estimate of drug-likeness (QED) is 0.901. The van der Waals surface area contributed by atoms with Crippen molar-refractivity contribution in [1.82, 2.24) is 5.43 Å². The summed E-state index contributed by atoms with van der Waals surface area (Å²) in [6, 6.07) is 14.3. The Kier molecular flexibility index (Phi) is 3.52. The molecule has 3 rings (SSSR count). The van der Waals surface area contributed by atoms with Crippen LogP contribution in [-0.4, -0.2) is 11.6 Å². The molecule has 4 heteroatoms. The third-order valence-corrected chi connectivity index (χ3v) is 3.64. The fraction of sp³-hybridized carbons (Fsp3) is 0.176. The van der Waals surface area contributed by atoms with Gasteiger partial charge in [0.05, 0.1) is 5.71 Å². The van der Waals surface area contributed by atoms with Crippen LogP contribution in [0.25, 0.3) is 11.1 Å². The highest BCUT2D eigenvalue weighted by molar-refractivity contribution is 6.05. The lowest BCUT2D eigenvalue weighted by atomic mass is 9.95. The van der Waals surface area contributed by atoms with Crippen molar-refractivity contribution >= 4 is 11.6 Å². The van der Waals surface area contributed by atoms with Crippen LogP contribution in [-0.2, 0) is 4.79 Å². The summed E-state index contributed by atoms with van der Waals surface area (Å²) in [6.07, 6.45) is 0.641. The van der Waals surface area contributed by atoms with E-state index in [4.69, 9.17) is 0 Å². The summed E-state index contributed by atoms with van der Waals surface area (Å²) in [5.41, 5.74) is 6.40. The van der Waals surface area contributed by atoms with Gasteiger partial charge >= 0.3 is 0 Å². The minimum atomic E-state index is -0.239. The first-order valence-corrected chi connectivity index (χ1v) is 6.86. The predicted molar refractivity (Wildman–Crippen MR) is 80.3 cm³/mol. The maximum Gasteiger partial charge on any atom is 0.243 e. The van der Waals surface area contributed by atoms with Gasteiger partial charge in [-0.25, -0.2) is 9.82 Å². The van der Waals surface area contributed by atoms with Gasteiger partial charge in [-0.1, -0.05) is 43.3 Å². The van der Waals surface area contributed by atoms with Gasteiger partial charge in [-0.05, 0) is 28.8 Å². The fourth-order valence-corrected chi connectivity index (χ4v) is 2.34. The number of carbonyl (C=O) groups is 1. The molecule has 0 aliphatic carbocycles. The number of amides is 1. The van der Waals surface area contributed by atoms with E-state index in [2.05, 4.69) is 10.5 Å². The maximum atomic E-state index is 12.9. The second-order valence-electron chi connectivity index (χ2n) is 5.22. The van der Waals surface area contributed by atoms with E-state index < -0.39 is 0 Å². The lowest BCUT2D eigenvalue weighted by molar-refractivity contribution is -0.124. The highest BCUT2D eigenvalue weighted by Crippen LogP contribution is 2.22. The fourth-order valence-electron chi connectivity index (χ4n) is 2.34. The Morgan fingerprint density at radius 1 is 1.00 bits per heavy atom. The molecule has 1 atom stereocenters. The largest absolute Gasteiger partial charge is 0.273 e. The molecule has 0 spiro atoms. The molecule has 3 nitrogen and oxygen atoms in total. The molecule has 1 unspecified atom stereocenters. The van der Waals surface area contributed by atoms with Crippen LogP contribution in [0.15, 0.2) is 53.6 Å². The van der Waals surface area contributed by atoms with E-state index in [9.17, 15) is 9.18 Å². The summed E-state index contributed by atoms with van der Waals surface area (Å²) in [7, 11) is 0. The van der Waals surface area contributed by atoms with Crippen LogP contribution in [0.5, 0.6) is 0 Å². The summed E-state index contributed by atoms with van der Waals surface area (Å²) >= 11 is 0. The zero-order valence-electron chi connectivity index (χ0n) is 11.6. The molecular weight excluding hydrogens is 267 g/mol. The number of carbonyl (C=O) groups excluding carboxylic acids is 1. The highest BCUT2D eigenvalue weighted by Gasteiger charge is 2.21. The molecule has 0 fully saturated rings. The van der Waals surface area contributed by atoms with Gasteiger partial charge in [-0.3, -0.25) is 4.79 Å². The van der Waals surface area contributed by atoms with Gasteiger partial charge < -0.3 is 0 Å².